The Labute approximate surface area is 175 Å². The largest absolute Gasteiger partial charge is 0.348 e. The molecule has 5 nitrogen and oxygen atoms in total. The Morgan fingerprint density at radius 2 is 2.07 bits per heavy atom. The van der Waals surface area contributed by atoms with Gasteiger partial charge in [-0.2, -0.15) is 0 Å². The summed E-state index contributed by atoms with van der Waals surface area (Å²) in [5.74, 6) is 0.963. The minimum Gasteiger partial charge on any atom is -0.348 e. The Hall–Kier alpha value is -1.34. The van der Waals surface area contributed by atoms with Crippen molar-refractivity contribution in [1.82, 2.24) is 14.5 Å². The van der Waals surface area contributed by atoms with E-state index in [0.717, 1.165) is 35.9 Å². The molecule has 0 unspecified atom stereocenters. The Morgan fingerprint density at radius 1 is 1.36 bits per heavy atom. The molecule has 0 bridgehead atoms. The molecule has 0 radical (unpaired) electrons. The average molecular weight is 422 g/mol. The quantitative estimate of drug-likeness (QED) is 0.536. The van der Waals surface area contributed by atoms with Gasteiger partial charge in [0.15, 0.2) is 5.16 Å². The molecule has 2 aromatic rings. The molecule has 0 N–H and O–H groups in total. The van der Waals surface area contributed by atoms with Gasteiger partial charge in [0, 0.05) is 25.5 Å². The Balaban J connectivity index is 2.03. The molecule has 2 aromatic heterocycles. The van der Waals surface area contributed by atoms with E-state index in [-0.39, 0.29) is 16.9 Å². The van der Waals surface area contributed by atoms with E-state index in [2.05, 4.69) is 27.7 Å². The topological polar surface area (TPSA) is 55.2 Å². The predicted octanol–water partition coefficient (Wildman–Crippen LogP) is 4.20. The Bertz CT molecular complexity index is 938. The van der Waals surface area contributed by atoms with Gasteiger partial charge in [-0.15, -0.1) is 11.3 Å². The number of thiophene rings is 1. The van der Waals surface area contributed by atoms with E-state index in [1.54, 1.807) is 34.9 Å². The highest BCUT2D eigenvalue weighted by Crippen LogP contribution is 2.42. The number of rotatable bonds is 5. The highest BCUT2D eigenvalue weighted by atomic mass is 32.2. The summed E-state index contributed by atoms with van der Waals surface area (Å²) >= 11 is 3.05. The number of aryl methyl sites for hydroxylation is 1. The first-order valence-electron chi connectivity index (χ1n) is 10.0. The van der Waals surface area contributed by atoms with Crippen LogP contribution in [-0.4, -0.2) is 40.2 Å². The lowest BCUT2D eigenvalue weighted by atomic mass is 9.72. The molecule has 0 aliphatic heterocycles. The molecule has 0 spiro atoms. The summed E-state index contributed by atoms with van der Waals surface area (Å²) in [6, 6.07) is 0. The number of thioether (sulfide) groups is 1. The van der Waals surface area contributed by atoms with Crippen molar-refractivity contribution in [3.63, 3.8) is 0 Å². The minimum atomic E-state index is 0.0286. The fourth-order valence-electron chi connectivity index (χ4n) is 3.77. The summed E-state index contributed by atoms with van der Waals surface area (Å²) in [6.45, 7) is 9.61. The van der Waals surface area contributed by atoms with Crippen LogP contribution in [0.15, 0.2) is 9.95 Å². The van der Waals surface area contributed by atoms with Crippen molar-refractivity contribution < 1.29 is 4.79 Å². The van der Waals surface area contributed by atoms with Crippen LogP contribution in [0.1, 0.15) is 51.0 Å². The van der Waals surface area contributed by atoms with Crippen molar-refractivity contribution in [2.24, 2.45) is 11.3 Å². The van der Waals surface area contributed by atoms with Crippen LogP contribution >= 0.6 is 23.1 Å². The first kappa shape index (κ1) is 21.4. The van der Waals surface area contributed by atoms with Gasteiger partial charge in [0.25, 0.3) is 5.56 Å². The predicted molar refractivity (Wildman–Crippen MR) is 119 cm³/mol. The van der Waals surface area contributed by atoms with Gasteiger partial charge in [0.1, 0.15) is 4.83 Å². The molecule has 3 rings (SSSR count). The zero-order valence-electron chi connectivity index (χ0n) is 17.8. The molecular weight excluding hydrogens is 390 g/mol. The molecular formula is C21H31N3O2S2. The highest BCUT2D eigenvalue weighted by molar-refractivity contribution is 7.99. The van der Waals surface area contributed by atoms with E-state index in [4.69, 9.17) is 4.98 Å². The first-order valence-corrected chi connectivity index (χ1v) is 11.8. The fourth-order valence-corrected chi connectivity index (χ4v) is 6.11. The first-order chi connectivity index (χ1) is 13.1. The lowest BCUT2D eigenvalue weighted by molar-refractivity contribution is -0.125. The van der Waals surface area contributed by atoms with Crippen LogP contribution in [0, 0.1) is 11.3 Å². The van der Waals surface area contributed by atoms with Crippen LogP contribution in [0.3, 0.4) is 0 Å². The number of nitrogens with zero attached hydrogens (tertiary/aromatic N) is 3. The second kappa shape index (κ2) is 8.19. The fraction of sp³-hybridized carbons (Fsp3) is 0.667. The van der Waals surface area contributed by atoms with E-state index in [9.17, 15) is 9.59 Å². The number of hydrogen-bond donors (Lipinski definition) is 0. The Kier molecular flexibility index (Phi) is 6.25. The lowest BCUT2D eigenvalue weighted by Crippen LogP contribution is -2.28. The van der Waals surface area contributed by atoms with Crippen molar-refractivity contribution in [2.45, 2.75) is 65.1 Å². The lowest BCUT2D eigenvalue weighted by Gasteiger charge is -2.33. The SMILES string of the molecule is CCCn1c(SCC(=O)N(C)C)nc2sc3c(c2c1=O)CC[C@@H](C(C)(C)C)C3. The van der Waals surface area contributed by atoms with Gasteiger partial charge in [-0.3, -0.25) is 14.2 Å². The summed E-state index contributed by atoms with van der Waals surface area (Å²) in [7, 11) is 3.50. The monoisotopic (exact) mass is 421 g/mol. The van der Waals surface area contributed by atoms with Crippen LogP contribution < -0.4 is 5.56 Å². The van der Waals surface area contributed by atoms with Gasteiger partial charge in [-0.05, 0) is 42.6 Å². The number of fused-ring (bicyclic) bond motifs is 3. The smallest absolute Gasteiger partial charge is 0.263 e. The zero-order valence-corrected chi connectivity index (χ0v) is 19.4. The number of amides is 1. The van der Waals surface area contributed by atoms with Gasteiger partial charge in [0.2, 0.25) is 5.91 Å². The van der Waals surface area contributed by atoms with E-state index in [0.29, 0.717) is 23.4 Å². The maximum atomic E-state index is 13.4. The number of carbonyl (C=O) groups is 1. The van der Waals surface area contributed by atoms with Crippen molar-refractivity contribution >= 4 is 39.2 Å². The third-order valence-electron chi connectivity index (χ3n) is 5.63. The molecule has 0 saturated heterocycles. The van der Waals surface area contributed by atoms with E-state index in [1.165, 1.54) is 22.2 Å². The van der Waals surface area contributed by atoms with Crippen LogP contribution in [0.5, 0.6) is 0 Å². The van der Waals surface area contributed by atoms with Gasteiger partial charge in [-0.1, -0.05) is 39.5 Å². The zero-order chi connectivity index (χ0) is 20.6. The van der Waals surface area contributed by atoms with Crippen molar-refractivity contribution in [3.05, 3.63) is 20.8 Å². The summed E-state index contributed by atoms with van der Waals surface area (Å²) in [5.41, 5.74) is 1.57. The molecule has 1 aliphatic rings. The number of aromatic nitrogens is 2. The maximum Gasteiger partial charge on any atom is 0.263 e. The van der Waals surface area contributed by atoms with Crippen LogP contribution in [-0.2, 0) is 24.2 Å². The summed E-state index contributed by atoms with van der Waals surface area (Å²) in [5, 5.41) is 1.49. The Morgan fingerprint density at radius 3 is 2.68 bits per heavy atom. The van der Waals surface area contributed by atoms with Crippen molar-refractivity contribution in [1.29, 1.82) is 0 Å². The van der Waals surface area contributed by atoms with Gasteiger partial charge in [0.05, 0.1) is 11.1 Å². The molecule has 28 heavy (non-hydrogen) atoms. The van der Waals surface area contributed by atoms with Crippen molar-refractivity contribution in [2.75, 3.05) is 19.8 Å². The van der Waals surface area contributed by atoms with Crippen LogP contribution in [0.25, 0.3) is 10.2 Å². The number of hydrogen-bond acceptors (Lipinski definition) is 5. The summed E-state index contributed by atoms with van der Waals surface area (Å²) < 4.78 is 1.78. The molecule has 154 valence electrons. The third-order valence-corrected chi connectivity index (χ3v) is 7.74. The molecule has 7 heteroatoms. The standard InChI is InChI=1S/C21H31N3O2S2/c1-7-10-24-19(26)17-14-9-8-13(21(2,3)4)11-15(14)28-18(17)22-20(24)27-12-16(25)23(5)6/h13H,7-12H2,1-6H3/t13-/m1/s1. The normalized spacial score (nSPS) is 17.0. The van der Waals surface area contributed by atoms with Crippen molar-refractivity contribution in [3.8, 4) is 0 Å². The molecule has 1 amide bonds. The number of carbonyl (C=O) groups excluding carboxylic acids is 1. The summed E-state index contributed by atoms with van der Waals surface area (Å²) in [6.07, 6.45) is 3.99. The van der Waals surface area contributed by atoms with E-state index >= 15 is 0 Å². The second-order valence-electron chi connectivity index (χ2n) is 8.92. The van der Waals surface area contributed by atoms with Crippen LogP contribution in [0.4, 0.5) is 0 Å². The molecule has 2 heterocycles. The van der Waals surface area contributed by atoms with Crippen LogP contribution in [0.2, 0.25) is 0 Å². The molecule has 1 aliphatic carbocycles. The van der Waals surface area contributed by atoms with Gasteiger partial charge >= 0.3 is 0 Å². The van der Waals surface area contributed by atoms with Gasteiger partial charge < -0.3 is 4.90 Å². The third kappa shape index (κ3) is 4.15. The van der Waals surface area contributed by atoms with E-state index < -0.39 is 0 Å². The maximum absolute atomic E-state index is 13.4. The molecule has 0 fully saturated rings. The van der Waals surface area contributed by atoms with E-state index in [1.807, 2.05) is 0 Å². The highest BCUT2D eigenvalue weighted by Gasteiger charge is 2.32. The molecule has 0 saturated carbocycles. The minimum absolute atomic E-state index is 0.0286. The molecule has 0 aromatic carbocycles. The molecule has 1 atom stereocenters. The summed E-state index contributed by atoms with van der Waals surface area (Å²) in [4.78, 5) is 34.0. The van der Waals surface area contributed by atoms with Gasteiger partial charge in [-0.25, -0.2) is 4.98 Å². The second-order valence-corrected chi connectivity index (χ2v) is 10.9. The average Bonchev–Trinajstić information content (AvgIpc) is 2.99.